The molecule has 0 amide bonds. The quantitative estimate of drug-likeness (QED) is 0.488. The average Bonchev–Trinajstić information content (AvgIpc) is 2.47. The molecule has 0 fully saturated rings. The second-order valence-electron chi connectivity index (χ2n) is 4.55. The summed E-state index contributed by atoms with van der Waals surface area (Å²) in [5.74, 6) is 0.881. The lowest BCUT2D eigenvalue weighted by molar-refractivity contribution is 0.216. The maximum atomic E-state index is 13.3. The van der Waals surface area contributed by atoms with Gasteiger partial charge in [0.2, 0.25) is 0 Å². The molecule has 0 aliphatic rings. The Balaban J connectivity index is 1.79. The smallest absolute Gasteiger partial charge is 0.129 e. The van der Waals surface area contributed by atoms with Crippen molar-refractivity contribution in [2.24, 2.45) is 5.73 Å². The molecule has 0 saturated carbocycles. The maximum absolute atomic E-state index is 13.3. The number of nitrogens with one attached hydrogen (secondary N) is 1. The number of amidine groups is 1. The molecule has 2 aromatic carbocycles. The molecule has 0 heterocycles. The van der Waals surface area contributed by atoms with Crippen LogP contribution in [0.5, 0.6) is 11.5 Å². The minimum absolute atomic E-state index is 0.0197. The Morgan fingerprint density at radius 2 is 1.62 bits per heavy atom. The molecule has 2 rings (SSSR count). The van der Waals surface area contributed by atoms with E-state index in [0.717, 1.165) is 0 Å². The molecule has 0 saturated heterocycles. The first-order valence-corrected chi connectivity index (χ1v) is 6.52. The van der Waals surface area contributed by atoms with E-state index < -0.39 is 0 Å². The van der Waals surface area contributed by atoms with Crippen molar-refractivity contribution < 1.29 is 13.9 Å². The summed E-state index contributed by atoms with van der Waals surface area (Å²) in [6.07, 6.45) is 0. The summed E-state index contributed by atoms with van der Waals surface area (Å²) in [6, 6.07) is 11.7. The summed E-state index contributed by atoms with van der Waals surface area (Å²) in [5.41, 5.74) is 6.60. The van der Waals surface area contributed by atoms with Crippen molar-refractivity contribution in [1.29, 1.82) is 5.41 Å². The van der Waals surface area contributed by atoms with Crippen LogP contribution in [0.4, 0.5) is 4.39 Å². The van der Waals surface area contributed by atoms with Crippen molar-refractivity contribution in [1.82, 2.24) is 0 Å². The first-order valence-electron chi connectivity index (χ1n) is 6.52. The third-order valence-electron chi connectivity index (χ3n) is 2.93. The predicted molar refractivity (Wildman–Crippen MR) is 79.6 cm³/mol. The van der Waals surface area contributed by atoms with E-state index in [1.54, 1.807) is 43.3 Å². The van der Waals surface area contributed by atoms with Crippen LogP contribution in [-0.2, 0) is 0 Å². The molecule has 0 atom stereocenters. The monoisotopic (exact) mass is 288 g/mol. The van der Waals surface area contributed by atoms with Gasteiger partial charge in [0.05, 0.1) is 0 Å². The highest BCUT2D eigenvalue weighted by Gasteiger charge is 2.01. The van der Waals surface area contributed by atoms with Crippen molar-refractivity contribution >= 4 is 5.84 Å². The standard InChI is InChI=1S/C16H17FN2O2/c1-11-2-5-14(10-15(11)17)21-9-8-20-13-6-3-12(4-7-13)16(18)19/h2-7,10H,8-9H2,1H3,(H3,18,19). The number of benzene rings is 2. The fraction of sp³-hybridized carbons (Fsp3) is 0.188. The third kappa shape index (κ3) is 4.21. The van der Waals surface area contributed by atoms with E-state index >= 15 is 0 Å². The lowest BCUT2D eigenvalue weighted by atomic mass is 10.2. The van der Waals surface area contributed by atoms with Gasteiger partial charge < -0.3 is 15.2 Å². The predicted octanol–water partition coefficient (Wildman–Crippen LogP) is 2.88. The molecule has 21 heavy (non-hydrogen) atoms. The van der Waals surface area contributed by atoms with Gasteiger partial charge in [-0.05, 0) is 42.8 Å². The summed E-state index contributed by atoms with van der Waals surface area (Å²) in [6.45, 7) is 2.36. The normalized spacial score (nSPS) is 10.2. The van der Waals surface area contributed by atoms with Crippen molar-refractivity contribution in [2.45, 2.75) is 6.92 Å². The Morgan fingerprint density at radius 3 is 2.19 bits per heavy atom. The van der Waals surface area contributed by atoms with E-state index in [-0.39, 0.29) is 11.7 Å². The summed E-state index contributed by atoms with van der Waals surface area (Å²) >= 11 is 0. The minimum Gasteiger partial charge on any atom is -0.490 e. The van der Waals surface area contributed by atoms with Crippen LogP contribution < -0.4 is 15.2 Å². The van der Waals surface area contributed by atoms with Gasteiger partial charge in [-0.15, -0.1) is 0 Å². The van der Waals surface area contributed by atoms with Gasteiger partial charge >= 0.3 is 0 Å². The highest BCUT2D eigenvalue weighted by Crippen LogP contribution is 2.16. The molecule has 3 N–H and O–H groups in total. The Labute approximate surface area is 122 Å². The molecule has 5 heteroatoms. The lowest BCUT2D eigenvalue weighted by Gasteiger charge is -2.09. The van der Waals surface area contributed by atoms with Crippen LogP contribution in [0, 0.1) is 18.2 Å². The largest absolute Gasteiger partial charge is 0.490 e. The highest BCUT2D eigenvalue weighted by atomic mass is 19.1. The van der Waals surface area contributed by atoms with Crippen molar-refractivity contribution in [3.63, 3.8) is 0 Å². The number of ether oxygens (including phenoxy) is 2. The van der Waals surface area contributed by atoms with Crippen LogP contribution in [0.25, 0.3) is 0 Å². The van der Waals surface area contributed by atoms with Gasteiger partial charge in [0.25, 0.3) is 0 Å². The van der Waals surface area contributed by atoms with Gasteiger partial charge in [-0.25, -0.2) is 4.39 Å². The van der Waals surface area contributed by atoms with Crippen LogP contribution in [0.15, 0.2) is 42.5 Å². The van der Waals surface area contributed by atoms with Crippen LogP contribution in [0.3, 0.4) is 0 Å². The van der Waals surface area contributed by atoms with Gasteiger partial charge in [-0.1, -0.05) is 6.07 Å². The summed E-state index contributed by atoms with van der Waals surface area (Å²) in [5, 5.41) is 7.29. The van der Waals surface area contributed by atoms with Crippen molar-refractivity contribution in [2.75, 3.05) is 13.2 Å². The molecule has 110 valence electrons. The number of halogens is 1. The van der Waals surface area contributed by atoms with E-state index in [2.05, 4.69) is 0 Å². The van der Waals surface area contributed by atoms with Gasteiger partial charge in [-0.2, -0.15) is 0 Å². The first kappa shape index (κ1) is 14.8. The second kappa shape index (κ2) is 6.74. The van der Waals surface area contributed by atoms with E-state index in [9.17, 15) is 4.39 Å². The number of hydrogen-bond acceptors (Lipinski definition) is 3. The first-order chi connectivity index (χ1) is 10.1. The van der Waals surface area contributed by atoms with E-state index in [1.807, 2.05) is 0 Å². The van der Waals surface area contributed by atoms with Crippen LogP contribution in [0.1, 0.15) is 11.1 Å². The molecule has 0 spiro atoms. The minimum atomic E-state index is -0.284. The van der Waals surface area contributed by atoms with E-state index in [1.165, 1.54) is 6.07 Å². The average molecular weight is 288 g/mol. The third-order valence-corrected chi connectivity index (χ3v) is 2.93. The SMILES string of the molecule is Cc1ccc(OCCOc2ccc(C(=N)N)cc2)cc1F. The molecule has 0 unspecified atom stereocenters. The number of nitrogens with two attached hydrogens (primary N) is 1. The molecule has 0 aliphatic carbocycles. The molecular weight excluding hydrogens is 271 g/mol. The molecule has 0 aromatic heterocycles. The number of rotatable bonds is 6. The number of nitrogen functional groups attached to an aromatic ring is 1. The zero-order chi connectivity index (χ0) is 15.2. The molecule has 0 aliphatic heterocycles. The van der Waals surface area contributed by atoms with Gasteiger partial charge in [0.15, 0.2) is 0 Å². The molecule has 4 nitrogen and oxygen atoms in total. The number of hydrogen-bond donors (Lipinski definition) is 2. The highest BCUT2D eigenvalue weighted by molar-refractivity contribution is 5.94. The van der Waals surface area contributed by atoms with E-state index in [4.69, 9.17) is 20.6 Å². The van der Waals surface area contributed by atoms with Crippen molar-refractivity contribution in [3.05, 3.63) is 59.4 Å². The van der Waals surface area contributed by atoms with E-state index in [0.29, 0.717) is 35.8 Å². The summed E-state index contributed by atoms with van der Waals surface area (Å²) in [4.78, 5) is 0. The fourth-order valence-corrected chi connectivity index (χ4v) is 1.71. The van der Waals surface area contributed by atoms with Crippen molar-refractivity contribution in [3.8, 4) is 11.5 Å². The summed E-state index contributed by atoms with van der Waals surface area (Å²) in [7, 11) is 0. The zero-order valence-corrected chi connectivity index (χ0v) is 11.7. The fourth-order valence-electron chi connectivity index (χ4n) is 1.71. The molecular formula is C16H17FN2O2. The number of aryl methyl sites for hydroxylation is 1. The van der Waals surface area contributed by atoms with Gasteiger partial charge in [0.1, 0.15) is 36.4 Å². The van der Waals surface area contributed by atoms with Crippen LogP contribution in [0.2, 0.25) is 0 Å². The van der Waals surface area contributed by atoms with Gasteiger partial charge in [0, 0.05) is 11.6 Å². The maximum Gasteiger partial charge on any atom is 0.129 e. The second-order valence-corrected chi connectivity index (χ2v) is 4.55. The summed E-state index contributed by atoms with van der Waals surface area (Å²) < 4.78 is 24.2. The Kier molecular flexibility index (Phi) is 4.77. The Hall–Kier alpha value is -2.56. The van der Waals surface area contributed by atoms with Gasteiger partial charge in [-0.3, -0.25) is 5.41 Å². The van der Waals surface area contributed by atoms with Crippen LogP contribution in [-0.4, -0.2) is 19.0 Å². The topological polar surface area (TPSA) is 68.3 Å². The zero-order valence-electron chi connectivity index (χ0n) is 11.7. The molecule has 0 bridgehead atoms. The lowest BCUT2D eigenvalue weighted by Crippen LogP contribution is -2.11. The Bertz CT molecular complexity index is 627. The molecule has 2 aromatic rings. The molecule has 0 radical (unpaired) electrons. The Morgan fingerprint density at radius 1 is 1.05 bits per heavy atom. The van der Waals surface area contributed by atoms with Crippen LogP contribution >= 0.6 is 0 Å².